The van der Waals surface area contributed by atoms with Crippen LogP contribution in [0, 0.1) is 11.8 Å². The van der Waals surface area contributed by atoms with Crippen LogP contribution in [0.25, 0.3) is 0 Å². The highest BCUT2D eigenvalue weighted by molar-refractivity contribution is 6.22. The zero-order valence-electron chi connectivity index (χ0n) is 15.6. The van der Waals surface area contributed by atoms with E-state index in [0.29, 0.717) is 23.2 Å². The van der Waals surface area contributed by atoms with Gasteiger partial charge in [-0.2, -0.15) is 0 Å². The quantitative estimate of drug-likeness (QED) is 0.812. The first-order valence-electron chi connectivity index (χ1n) is 9.37. The number of imide groups is 1. The second-order valence-electron chi connectivity index (χ2n) is 7.59. The van der Waals surface area contributed by atoms with Crippen molar-refractivity contribution in [3.05, 3.63) is 24.3 Å². The number of carbonyl (C=O) groups is 3. The molecule has 1 heterocycles. The zero-order valence-corrected chi connectivity index (χ0v) is 15.6. The van der Waals surface area contributed by atoms with Crippen LogP contribution < -0.4 is 15.5 Å². The second-order valence-corrected chi connectivity index (χ2v) is 7.59. The van der Waals surface area contributed by atoms with Gasteiger partial charge < -0.3 is 10.6 Å². The van der Waals surface area contributed by atoms with Gasteiger partial charge in [0.25, 0.3) is 5.91 Å². The fourth-order valence-electron chi connectivity index (χ4n) is 4.01. The molecule has 3 amide bonds. The van der Waals surface area contributed by atoms with E-state index in [2.05, 4.69) is 24.5 Å². The normalized spacial score (nSPS) is 29.1. The molecule has 2 aliphatic rings. The maximum atomic E-state index is 12.8. The van der Waals surface area contributed by atoms with E-state index in [1.807, 2.05) is 0 Å². The van der Waals surface area contributed by atoms with Gasteiger partial charge in [-0.1, -0.05) is 26.7 Å². The maximum Gasteiger partial charge on any atom is 0.251 e. The number of nitrogens with zero attached hydrogens (tertiary/aromatic N) is 1. The Hall–Kier alpha value is -2.21. The predicted molar refractivity (Wildman–Crippen MR) is 101 cm³/mol. The molecule has 1 aromatic rings. The van der Waals surface area contributed by atoms with E-state index in [0.717, 1.165) is 12.8 Å². The Balaban J connectivity index is 1.69. The van der Waals surface area contributed by atoms with Crippen molar-refractivity contribution in [1.29, 1.82) is 0 Å². The Labute approximate surface area is 154 Å². The Morgan fingerprint density at radius 2 is 1.81 bits per heavy atom. The van der Waals surface area contributed by atoms with Gasteiger partial charge in [0.2, 0.25) is 11.8 Å². The minimum absolute atomic E-state index is 0.161. The molecule has 1 saturated carbocycles. The van der Waals surface area contributed by atoms with E-state index in [-0.39, 0.29) is 30.2 Å². The lowest BCUT2D eigenvalue weighted by Gasteiger charge is -2.36. The van der Waals surface area contributed by atoms with Crippen molar-refractivity contribution in [3.8, 4) is 0 Å². The number of nitrogens with one attached hydrogen (secondary N) is 2. The average molecular weight is 357 g/mol. The summed E-state index contributed by atoms with van der Waals surface area (Å²) in [5, 5.41) is 6.12. The van der Waals surface area contributed by atoms with Crippen LogP contribution in [0.15, 0.2) is 24.3 Å². The molecule has 0 bridgehead atoms. The molecule has 0 spiro atoms. The molecule has 4 atom stereocenters. The molecule has 1 aromatic carbocycles. The topological polar surface area (TPSA) is 78.5 Å². The van der Waals surface area contributed by atoms with Crippen LogP contribution in [0.3, 0.4) is 0 Å². The Kier molecular flexibility index (Phi) is 5.41. The lowest BCUT2D eigenvalue weighted by Crippen LogP contribution is -2.48. The minimum Gasteiger partial charge on any atom is -0.326 e. The maximum absolute atomic E-state index is 12.8. The van der Waals surface area contributed by atoms with Gasteiger partial charge in [0.05, 0.1) is 18.2 Å². The predicted octanol–water partition coefficient (Wildman–Crippen LogP) is 2.69. The van der Waals surface area contributed by atoms with Gasteiger partial charge in [-0.15, -0.1) is 0 Å². The van der Waals surface area contributed by atoms with Crippen molar-refractivity contribution < 1.29 is 14.4 Å². The van der Waals surface area contributed by atoms with Crippen LogP contribution in [0.5, 0.6) is 0 Å². The van der Waals surface area contributed by atoms with Gasteiger partial charge in [0.1, 0.15) is 0 Å². The fraction of sp³-hybridized carbons (Fsp3) is 0.550. The van der Waals surface area contributed by atoms with Crippen LogP contribution >= 0.6 is 0 Å². The highest BCUT2D eigenvalue weighted by Crippen LogP contribution is 2.31. The number of rotatable bonds is 4. The summed E-state index contributed by atoms with van der Waals surface area (Å²) in [7, 11) is 0. The molecular weight excluding hydrogens is 330 g/mol. The molecule has 2 N–H and O–H groups in total. The number of benzene rings is 1. The lowest BCUT2D eigenvalue weighted by atomic mass is 9.78. The van der Waals surface area contributed by atoms with E-state index in [4.69, 9.17) is 0 Å². The van der Waals surface area contributed by atoms with Crippen molar-refractivity contribution in [2.24, 2.45) is 11.8 Å². The molecule has 2 fully saturated rings. The van der Waals surface area contributed by atoms with E-state index in [1.165, 1.54) is 18.2 Å². The summed E-state index contributed by atoms with van der Waals surface area (Å²) in [4.78, 5) is 37.6. The van der Waals surface area contributed by atoms with Crippen LogP contribution in [0.2, 0.25) is 0 Å². The molecule has 1 aliphatic carbocycles. The third-order valence-electron chi connectivity index (χ3n) is 5.71. The summed E-state index contributed by atoms with van der Waals surface area (Å²) in [5.41, 5.74) is 1.18. The molecule has 3 rings (SSSR count). The molecule has 1 aliphatic heterocycles. The molecular formula is C20H27N3O3. The van der Waals surface area contributed by atoms with Crippen LogP contribution in [-0.4, -0.2) is 29.8 Å². The Morgan fingerprint density at radius 3 is 2.46 bits per heavy atom. The van der Waals surface area contributed by atoms with Crippen molar-refractivity contribution in [3.63, 3.8) is 0 Å². The standard InChI is InChI=1S/C20H27N3O3/c1-12-5-4-6-17(13(12)2)22-18-11-19(25)23(20(18)26)16-9-7-15(8-10-16)21-14(3)24/h7-10,12-13,17-18,22H,4-6,11H2,1-3H3,(H,21,24)/t12-,13+,17+,18-/m0/s1. The van der Waals surface area contributed by atoms with Gasteiger partial charge in [-0.25, -0.2) is 4.90 Å². The molecule has 6 nitrogen and oxygen atoms in total. The number of amides is 3. The molecule has 0 aromatic heterocycles. The van der Waals surface area contributed by atoms with Crippen LogP contribution in [0.1, 0.15) is 46.5 Å². The fourth-order valence-corrected chi connectivity index (χ4v) is 4.01. The van der Waals surface area contributed by atoms with Gasteiger partial charge >= 0.3 is 0 Å². The highest BCUT2D eigenvalue weighted by atomic mass is 16.2. The molecule has 1 saturated heterocycles. The van der Waals surface area contributed by atoms with Crippen LogP contribution in [0.4, 0.5) is 11.4 Å². The Bertz CT molecular complexity index is 701. The molecule has 140 valence electrons. The summed E-state index contributed by atoms with van der Waals surface area (Å²) >= 11 is 0. The number of hydrogen-bond acceptors (Lipinski definition) is 4. The van der Waals surface area contributed by atoms with Gasteiger partial charge in [0.15, 0.2) is 0 Å². The van der Waals surface area contributed by atoms with Gasteiger partial charge in [-0.3, -0.25) is 14.4 Å². The first kappa shape index (κ1) is 18.6. The SMILES string of the molecule is CC(=O)Nc1ccc(N2C(=O)C[C@H](N[C@@H]3CCC[C@H](C)[C@H]3C)C2=O)cc1. The summed E-state index contributed by atoms with van der Waals surface area (Å²) < 4.78 is 0. The lowest BCUT2D eigenvalue weighted by molar-refractivity contribution is -0.122. The minimum atomic E-state index is -0.449. The monoisotopic (exact) mass is 357 g/mol. The molecule has 26 heavy (non-hydrogen) atoms. The molecule has 0 unspecified atom stereocenters. The van der Waals surface area contributed by atoms with Gasteiger partial charge in [-0.05, 0) is 42.5 Å². The first-order chi connectivity index (χ1) is 12.4. The van der Waals surface area contributed by atoms with E-state index in [9.17, 15) is 14.4 Å². The summed E-state index contributed by atoms with van der Waals surface area (Å²) in [6.45, 7) is 5.91. The third kappa shape index (κ3) is 3.80. The van der Waals surface area contributed by atoms with Crippen molar-refractivity contribution in [2.75, 3.05) is 10.2 Å². The average Bonchev–Trinajstić information content (AvgIpc) is 2.86. The third-order valence-corrected chi connectivity index (χ3v) is 5.71. The number of hydrogen-bond donors (Lipinski definition) is 2. The van der Waals surface area contributed by atoms with Crippen molar-refractivity contribution >= 4 is 29.1 Å². The number of carbonyl (C=O) groups excluding carboxylic acids is 3. The van der Waals surface area contributed by atoms with E-state index >= 15 is 0 Å². The van der Waals surface area contributed by atoms with Crippen LogP contribution in [-0.2, 0) is 14.4 Å². The van der Waals surface area contributed by atoms with E-state index in [1.54, 1.807) is 24.3 Å². The Morgan fingerprint density at radius 1 is 1.12 bits per heavy atom. The number of anilines is 2. The summed E-state index contributed by atoms with van der Waals surface area (Å²) in [5.74, 6) is 0.596. The second kappa shape index (κ2) is 7.58. The van der Waals surface area contributed by atoms with Crippen molar-refractivity contribution in [1.82, 2.24) is 5.32 Å². The highest BCUT2D eigenvalue weighted by Gasteiger charge is 2.41. The summed E-state index contributed by atoms with van der Waals surface area (Å²) in [6.07, 6.45) is 3.63. The first-order valence-corrected chi connectivity index (χ1v) is 9.37. The van der Waals surface area contributed by atoms with E-state index < -0.39 is 6.04 Å². The van der Waals surface area contributed by atoms with Crippen molar-refractivity contribution in [2.45, 2.75) is 58.5 Å². The van der Waals surface area contributed by atoms with Gasteiger partial charge in [0, 0.05) is 18.7 Å². The molecule has 0 radical (unpaired) electrons. The molecule has 6 heteroatoms. The zero-order chi connectivity index (χ0) is 18.8. The largest absolute Gasteiger partial charge is 0.326 e. The summed E-state index contributed by atoms with van der Waals surface area (Å²) in [6, 6.07) is 6.60. The smallest absolute Gasteiger partial charge is 0.251 e.